The zero-order valence-electron chi connectivity index (χ0n) is 13.1. The summed E-state index contributed by atoms with van der Waals surface area (Å²) in [5.41, 5.74) is 7.05. The summed E-state index contributed by atoms with van der Waals surface area (Å²) in [5, 5.41) is 2.88. The molecule has 0 radical (unpaired) electrons. The van der Waals surface area contributed by atoms with E-state index in [0.717, 1.165) is 25.7 Å². The molecule has 0 spiro atoms. The van der Waals surface area contributed by atoms with Crippen molar-refractivity contribution in [1.29, 1.82) is 0 Å². The van der Waals surface area contributed by atoms with Crippen molar-refractivity contribution in [3.63, 3.8) is 0 Å². The van der Waals surface area contributed by atoms with Crippen molar-refractivity contribution in [3.05, 3.63) is 29.8 Å². The third-order valence-corrected chi connectivity index (χ3v) is 5.05. The zero-order valence-corrected chi connectivity index (χ0v) is 13.9. The molecular weight excluding hydrogens is 300 g/mol. The summed E-state index contributed by atoms with van der Waals surface area (Å²) in [4.78, 5) is 12.5. The summed E-state index contributed by atoms with van der Waals surface area (Å²) >= 11 is 0. The Morgan fingerprint density at radius 2 is 2.14 bits per heavy atom. The highest BCUT2D eigenvalue weighted by atomic mass is 32.2. The lowest BCUT2D eigenvalue weighted by molar-refractivity contribution is -0.122. The molecule has 1 aromatic carbocycles. The van der Waals surface area contributed by atoms with Crippen molar-refractivity contribution in [3.8, 4) is 0 Å². The van der Waals surface area contributed by atoms with Crippen LogP contribution in [0.1, 0.15) is 38.2 Å². The van der Waals surface area contributed by atoms with Gasteiger partial charge in [-0.3, -0.25) is 4.79 Å². The summed E-state index contributed by atoms with van der Waals surface area (Å²) in [6.07, 6.45) is 4.90. The van der Waals surface area contributed by atoms with Gasteiger partial charge >= 0.3 is 0 Å². The SMILES string of the molecule is CC1(N)CCCCC1C(=O)Nc1cccc(CS(C)(=O)=O)c1. The van der Waals surface area contributed by atoms with E-state index in [1.54, 1.807) is 24.3 Å². The van der Waals surface area contributed by atoms with Gasteiger partial charge in [-0.2, -0.15) is 0 Å². The van der Waals surface area contributed by atoms with Crippen LogP contribution in [0.3, 0.4) is 0 Å². The van der Waals surface area contributed by atoms with Crippen LogP contribution in [-0.2, 0) is 20.4 Å². The highest BCUT2D eigenvalue weighted by molar-refractivity contribution is 7.89. The average molecular weight is 324 g/mol. The number of sulfone groups is 1. The number of rotatable bonds is 4. The molecule has 5 nitrogen and oxygen atoms in total. The Bertz CT molecular complexity index is 653. The molecule has 2 unspecified atom stereocenters. The Hall–Kier alpha value is -1.40. The fraction of sp³-hybridized carbons (Fsp3) is 0.562. The van der Waals surface area contributed by atoms with Gasteiger partial charge in [-0.1, -0.05) is 25.0 Å². The molecule has 1 fully saturated rings. The van der Waals surface area contributed by atoms with Gasteiger partial charge in [0, 0.05) is 17.5 Å². The van der Waals surface area contributed by atoms with Gasteiger partial charge in [0.25, 0.3) is 0 Å². The fourth-order valence-electron chi connectivity index (χ4n) is 3.06. The van der Waals surface area contributed by atoms with E-state index in [2.05, 4.69) is 5.32 Å². The van der Waals surface area contributed by atoms with E-state index < -0.39 is 15.4 Å². The zero-order chi connectivity index (χ0) is 16.4. The standard InChI is InChI=1S/C16H24N2O3S/c1-16(17)9-4-3-8-14(16)15(19)18-13-7-5-6-12(10-13)11-22(2,20)21/h5-7,10,14H,3-4,8-9,11,17H2,1-2H3,(H,18,19). The molecule has 1 aliphatic carbocycles. The highest BCUT2D eigenvalue weighted by Crippen LogP contribution is 2.32. The van der Waals surface area contributed by atoms with Crippen LogP contribution < -0.4 is 11.1 Å². The van der Waals surface area contributed by atoms with E-state index in [9.17, 15) is 13.2 Å². The first-order valence-electron chi connectivity index (χ1n) is 7.54. The molecule has 1 aromatic rings. The third-order valence-electron chi connectivity index (χ3n) is 4.19. The molecule has 6 heteroatoms. The number of hydrogen-bond donors (Lipinski definition) is 2. The molecule has 1 aliphatic rings. The summed E-state index contributed by atoms with van der Waals surface area (Å²) < 4.78 is 22.7. The molecule has 122 valence electrons. The number of nitrogens with two attached hydrogens (primary N) is 1. The first kappa shape index (κ1) is 17.0. The van der Waals surface area contributed by atoms with Gasteiger partial charge in [-0.15, -0.1) is 0 Å². The van der Waals surface area contributed by atoms with E-state index >= 15 is 0 Å². The number of anilines is 1. The Kier molecular flexibility index (Phi) is 4.92. The Balaban J connectivity index is 2.10. The van der Waals surface area contributed by atoms with Gasteiger partial charge in [0.15, 0.2) is 9.84 Å². The second-order valence-electron chi connectivity index (χ2n) is 6.56. The average Bonchev–Trinajstić information content (AvgIpc) is 2.36. The van der Waals surface area contributed by atoms with Gasteiger partial charge in [0.2, 0.25) is 5.91 Å². The van der Waals surface area contributed by atoms with Crippen LogP contribution in [0, 0.1) is 5.92 Å². The number of hydrogen-bond acceptors (Lipinski definition) is 4. The second kappa shape index (κ2) is 6.38. The molecular formula is C16H24N2O3S. The first-order valence-corrected chi connectivity index (χ1v) is 9.60. The van der Waals surface area contributed by atoms with Crippen molar-refractivity contribution >= 4 is 21.4 Å². The Morgan fingerprint density at radius 1 is 1.41 bits per heavy atom. The largest absolute Gasteiger partial charge is 0.326 e. The minimum absolute atomic E-state index is 0.0330. The number of carbonyl (C=O) groups is 1. The number of amides is 1. The van der Waals surface area contributed by atoms with E-state index in [1.807, 2.05) is 6.92 Å². The minimum atomic E-state index is -3.09. The molecule has 0 heterocycles. The van der Waals surface area contributed by atoms with E-state index in [4.69, 9.17) is 5.73 Å². The Labute approximate surface area is 132 Å². The maximum Gasteiger partial charge on any atom is 0.229 e. The quantitative estimate of drug-likeness (QED) is 0.887. The predicted octanol–water partition coefficient (Wildman–Crippen LogP) is 2.08. The van der Waals surface area contributed by atoms with Crippen LogP contribution in [0.2, 0.25) is 0 Å². The first-order chi connectivity index (χ1) is 10.2. The van der Waals surface area contributed by atoms with E-state index in [-0.39, 0.29) is 17.6 Å². The molecule has 2 atom stereocenters. The van der Waals surface area contributed by atoms with Crippen molar-refractivity contribution in [1.82, 2.24) is 0 Å². The minimum Gasteiger partial charge on any atom is -0.326 e. The smallest absolute Gasteiger partial charge is 0.229 e. The van der Waals surface area contributed by atoms with E-state index in [1.165, 1.54) is 6.26 Å². The predicted molar refractivity (Wildman–Crippen MR) is 88.2 cm³/mol. The van der Waals surface area contributed by atoms with Crippen LogP contribution in [0.5, 0.6) is 0 Å². The maximum atomic E-state index is 12.5. The topological polar surface area (TPSA) is 89.3 Å². The monoisotopic (exact) mass is 324 g/mol. The van der Waals surface area contributed by atoms with Gasteiger partial charge in [0.05, 0.1) is 11.7 Å². The number of benzene rings is 1. The maximum absolute atomic E-state index is 12.5. The van der Waals surface area contributed by atoms with Crippen LogP contribution in [-0.4, -0.2) is 26.1 Å². The summed E-state index contributed by atoms with van der Waals surface area (Å²) in [5.74, 6) is -0.324. The molecule has 0 aliphatic heterocycles. The van der Waals surface area contributed by atoms with Crippen LogP contribution in [0.25, 0.3) is 0 Å². The Morgan fingerprint density at radius 3 is 2.77 bits per heavy atom. The molecule has 2 rings (SSSR count). The summed E-state index contributed by atoms with van der Waals surface area (Å²) in [6, 6.07) is 6.96. The second-order valence-corrected chi connectivity index (χ2v) is 8.70. The van der Waals surface area contributed by atoms with E-state index in [0.29, 0.717) is 11.3 Å². The molecule has 22 heavy (non-hydrogen) atoms. The van der Waals surface area contributed by atoms with Gasteiger partial charge in [-0.25, -0.2) is 8.42 Å². The van der Waals surface area contributed by atoms with Gasteiger partial charge in [-0.05, 0) is 37.5 Å². The lowest BCUT2D eigenvalue weighted by Gasteiger charge is -2.37. The molecule has 1 saturated carbocycles. The van der Waals surface area contributed by atoms with Crippen molar-refractivity contribution in [2.24, 2.45) is 11.7 Å². The lowest BCUT2D eigenvalue weighted by atomic mass is 9.74. The molecule has 0 saturated heterocycles. The summed E-state index contributed by atoms with van der Waals surface area (Å²) in [7, 11) is -3.09. The van der Waals surface area contributed by atoms with Gasteiger partial charge in [0.1, 0.15) is 0 Å². The fourth-order valence-corrected chi connectivity index (χ4v) is 3.84. The van der Waals surface area contributed by atoms with Crippen LogP contribution in [0.4, 0.5) is 5.69 Å². The highest BCUT2D eigenvalue weighted by Gasteiger charge is 2.37. The number of carbonyl (C=O) groups excluding carboxylic acids is 1. The van der Waals surface area contributed by atoms with Crippen molar-refractivity contribution < 1.29 is 13.2 Å². The molecule has 1 amide bonds. The normalized spacial score (nSPS) is 25.7. The summed E-state index contributed by atoms with van der Waals surface area (Å²) in [6.45, 7) is 1.93. The molecule has 0 bridgehead atoms. The molecule has 3 N–H and O–H groups in total. The molecule has 0 aromatic heterocycles. The lowest BCUT2D eigenvalue weighted by Crippen LogP contribution is -2.51. The number of nitrogens with one attached hydrogen (secondary N) is 1. The van der Waals surface area contributed by atoms with Crippen LogP contribution >= 0.6 is 0 Å². The third kappa shape index (κ3) is 4.55. The van der Waals surface area contributed by atoms with Gasteiger partial charge < -0.3 is 11.1 Å². The van der Waals surface area contributed by atoms with Crippen LogP contribution in [0.15, 0.2) is 24.3 Å². The van der Waals surface area contributed by atoms with Crippen molar-refractivity contribution in [2.45, 2.75) is 43.9 Å². The van der Waals surface area contributed by atoms with Crippen molar-refractivity contribution in [2.75, 3.05) is 11.6 Å².